The third-order valence-electron chi connectivity index (χ3n) is 6.94. The van der Waals surface area contributed by atoms with E-state index in [4.69, 9.17) is 0 Å². The fourth-order valence-corrected chi connectivity index (χ4v) is 5.40. The maximum absolute atomic E-state index is 12.5. The lowest BCUT2D eigenvalue weighted by molar-refractivity contribution is 0.589. The van der Waals surface area contributed by atoms with E-state index in [1.807, 2.05) is 42.5 Å². The molecule has 2 aromatic heterocycles. The zero-order valence-electron chi connectivity index (χ0n) is 23.6. The zero-order chi connectivity index (χ0) is 28.8. The molecule has 1 unspecified atom stereocenters. The van der Waals surface area contributed by atoms with Crippen molar-refractivity contribution >= 4 is 17.0 Å². The van der Waals surface area contributed by atoms with Gasteiger partial charge < -0.3 is 4.55 Å². The van der Waals surface area contributed by atoms with Gasteiger partial charge in [-0.2, -0.15) is 5.10 Å². The number of anilines is 1. The minimum atomic E-state index is -1.33. The number of aryl methyl sites for hydroxylation is 2. The maximum Gasteiger partial charge on any atom is 0.343 e. The molecule has 0 saturated heterocycles. The van der Waals surface area contributed by atoms with E-state index < -0.39 is 11.4 Å². The topological polar surface area (TPSA) is 98.7 Å². The second-order valence-electron chi connectivity index (χ2n) is 11.1. The average molecular weight is 566 g/mol. The van der Waals surface area contributed by atoms with Crippen LogP contribution in [0.25, 0.3) is 11.3 Å². The summed E-state index contributed by atoms with van der Waals surface area (Å²) in [5, 5.41) is 4.52. The van der Waals surface area contributed by atoms with Crippen LogP contribution in [-0.2, 0) is 36.2 Å². The lowest BCUT2D eigenvalue weighted by Gasteiger charge is -2.19. The predicted octanol–water partition coefficient (Wildman–Crippen LogP) is 6.29. The summed E-state index contributed by atoms with van der Waals surface area (Å²) in [6, 6.07) is 29.8. The van der Waals surface area contributed by atoms with Gasteiger partial charge in [0.25, 0.3) is 0 Å². The van der Waals surface area contributed by atoms with Gasteiger partial charge in [0.05, 0.1) is 18.4 Å². The van der Waals surface area contributed by atoms with Gasteiger partial charge in [-0.05, 0) is 59.2 Å². The van der Waals surface area contributed by atoms with Gasteiger partial charge in [0.1, 0.15) is 22.9 Å². The van der Waals surface area contributed by atoms with Crippen molar-refractivity contribution < 1.29 is 4.55 Å². The Bertz CT molecular complexity index is 1600. The van der Waals surface area contributed by atoms with Gasteiger partial charge in [-0.15, -0.1) is 0 Å². The number of hydrogen-bond donors (Lipinski definition) is 2. The molecular weight excluding hydrogens is 530 g/mol. The number of H-pyrrole nitrogens is 1. The summed E-state index contributed by atoms with van der Waals surface area (Å²) < 4.78 is 17.0. The van der Waals surface area contributed by atoms with Crippen molar-refractivity contribution in [2.24, 2.45) is 0 Å². The number of aromatic nitrogens is 4. The molecule has 0 saturated carbocycles. The second-order valence-corrected chi connectivity index (χ2v) is 12.4. The van der Waals surface area contributed by atoms with Crippen LogP contribution in [0.15, 0.2) is 107 Å². The molecule has 5 rings (SSSR count). The van der Waals surface area contributed by atoms with Gasteiger partial charge in [-0.25, -0.2) is 14.2 Å². The Morgan fingerprint density at radius 3 is 2.24 bits per heavy atom. The van der Waals surface area contributed by atoms with Crippen LogP contribution >= 0.6 is 0 Å². The Kier molecular flexibility index (Phi) is 8.71. The fourth-order valence-electron chi connectivity index (χ4n) is 4.54. The third kappa shape index (κ3) is 7.54. The number of nitrogens with zero attached hydrogens (tertiary/aromatic N) is 3. The highest BCUT2D eigenvalue weighted by molar-refractivity contribution is 7.92. The number of rotatable bonds is 10. The Morgan fingerprint density at radius 1 is 0.878 bits per heavy atom. The lowest BCUT2D eigenvalue weighted by Crippen LogP contribution is -2.19. The molecule has 8 heteroatoms. The predicted molar refractivity (Wildman–Crippen MR) is 165 cm³/mol. The van der Waals surface area contributed by atoms with Crippen molar-refractivity contribution in [3.05, 3.63) is 130 Å². The van der Waals surface area contributed by atoms with Crippen molar-refractivity contribution in [3.8, 4) is 11.3 Å². The van der Waals surface area contributed by atoms with E-state index in [9.17, 15) is 9.35 Å². The summed E-state index contributed by atoms with van der Waals surface area (Å²) in [6.07, 6.45) is 4.16. The number of hydrogen-bond acceptors (Lipinski definition) is 5. The van der Waals surface area contributed by atoms with Crippen LogP contribution < -0.4 is 10.4 Å². The van der Waals surface area contributed by atoms with Crippen molar-refractivity contribution in [2.45, 2.75) is 56.9 Å². The molecule has 0 fully saturated rings. The number of benzene rings is 3. The number of pyridine rings is 1. The molecule has 0 spiro atoms. The van der Waals surface area contributed by atoms with Crippen LogP contribution in [0.2, 0.25) is 0 Å². The lowest BCUT2D eigenvalue weighted by atomic mass is 9.87. The maximum atomic E-state index is 12.5. The summed E-state index contributed by atoms with van der Waals surface area (Å²) >= 11 is -1.33. The number of nitrogens with one attached hydrogen (secondary N) is 2. The van der Waals surface area contributed by atoms with E-state index >= 15 is 0 Å². The van der Waals surface area contributed by atoms with Crippen molar-refractivity contribution in [1.29, 1.82) is 0 Å². The summed E-state index contributed by atoms with van der Waals surface area (Å²) in [4.78, 5) is 20.6. The molecule has 0 aliphatic heterocycles. The first-order valence-corrected chi connectivity index (χ1v) is 14.9. The minimum absolute atomic E-state index is 0.0990. The molecule has 0 aliphatic carbocycles. The van der Waals surface area contributed by atoms with Gasteiger partial charge in [0.15, 0.2) is 4.90 Å². The van der Waals surface area contributed by atoms with Crippen LogP contribution in [0, 0.1) is 0 Å². The Labute approximate surface area is 244 Å². The minimum Gasteiger partial charge on any atom is -0.588 e. The fraction of sp³-hybridized carbons (Fsp3) is 0.242. The third-order valence-corrected chi connectivity index (χ3v) is 8.06. The largest absolute Gasteiger partial charge is 0.588 e. The molecule has 2 N–H and O–H groups in total. The van der Waals surface area contributed by atoms with E-state index in [2.05, 4.69) is 89.1 Å². The molecule has 0 radical (unpaired) electrons. The Hall–Kier alpha value is -4.14. The first-order valence-electron chi connectivity index (χ1n) is 13.8. The van der Waals surface area contributed by atoms with E-state index in [0.717, 1.165) is 29.7 Å². The van der Waals surface area contributed by atoms with Gasteiger partial charge >= 0.3 is 5.69 Å². The SMILES string of the molecule is CC(C)(C)c1ccc(Cn2nc(CCCc3ccc(-c4ccc(N[S+]([O-])c5ccccc5)cn4)cc3)[nH]c2=O)cc1. The Morgan fingerprint density at radius 2 is 1.59 bits per heavy atom. The van der Waals surface area contributed by atoms with Crippen molar-refractivity contribution in [2.75, 3.05) is 4.72 Å². The number of aromatic amines is 1. The Balaban J connectivity index is 1.11. The molecule has 0 bridgehead atoms. The van der Waals surface area contributed by atoms with Gasteiger partial charge in [0.2, 0.25) is 0 Å². The molecule has 210 valence electrons. The smallest absolute Gasteiger partial charge is 0.343 e. The van der Waals surface area contributed by atoms with Gasteiger partial charge in [0, 0.05) is 12.0 Å². The molecule has 3 aromatic carbocycles. The van der Waals surface area contributed by atoms with E-state index in [0.29, 0.717) is 29.4 Å². The van der Waals surface area contributed by atoms with Gasteiger partial charge in [-0.3, -0.25) is 9.97 Å². The molecule has 0 aliphatic rings. The van der Waals surface area contributed by atoms with E-state index in [1.54, 1.807) is 6.20 Å². The zero-order valence-corrected chi connectivity index (χ0v) is 24.4. The van der Waals surface area contributed by atoms with Crippen LogP contribution in [0.4, 0.5) is 5.69 Å². The molecule has 1 atom stereocenters. The summed E-state index contributed by atoms with van der Waals surface area (Å²) in [6.45, 7) is 7.02. The summed E-state index contributed by atoms with van der Waals surface area (Å²) in [5.74, 6) is 0.712. The van der Waals surface area contributed by atoms with Crippen LogP contribution in [0.3, 0.4) is 0 Å². The van der Waals surface area contributed by atoms with Gasteiger partial charge in [-0.1, -0.05) is 87.5 Å². The monoisotopic (exact) mass is 565 g/mol. The van der Waals surface area contributed by atoms with E-state index in [1.165, 1.54) is 15.8 Å². The van der Waals surface area contributed by atoms with E-state index in [-0.39, 0.29) is 11.1 Å². The molecule has 2 heterocycles. The highest BCUT2D eigenvalue weighted by Crippen LogP contribution is 2.23. The first kappa shape index (κ1) is 28.4. The van der Waals surface area contributed by atoms with Crippen LogP contribution in [-0.4, -0.2) is 24.3 Å². The summed E-state index contributed by atoms with van der Waals surface area (Å²) in [7, 11) is 0. The second kappa shape index (κ2) is 12.6. The first-order chi connectivity index (χ1) is 19.7. The van der Waals surface area contributed by atoms with Crippen molar-refractivity contribution in [3.63, 3.8) is 0 Å². The summed E-state index contributed by atoms with van der Waals surface area (Å²) in [5.41, 5.74) is 6.03. The van der Waals surface area contributed by atoms with Crippen molar-refractivity contribution in [1.82, 2.24) is 19.7 Å². The molecule has 0 amide bonds. The molecule has 7 nitrogen and oxygen atoms in total. The average Bonchev–Trinajstić information content (AvgIpc) is 3.32. The van der Waals surface area contributed by atoms with Crippen LogP contribution in [0.1, 0.15) is 49.7 Å². The molecule has 5 aromatic rings. The normalized spacial score (nSPS) is 12.3. The molecule has 41 heavy (non-hydrogen) atoms. The molecular formula is C33H35N5O2S. The quantitative estimate of drug-likeness (QED) is 0.194. The highest BCUT2D eigenvalue weighted by atomic mass is 32.2. The highest BCUT2D eigenvalue weighted by Gasteiger charge is 2.14. The standard InChI is InChI=1S/C33H35N5O2S/c1-33(2,3)27-18-14-25(15-19-27)23-38-32(39)35-31(36-38)11-7-8-24-12-16-26(17-13-24)30-21-20-28(22-34-30)37-41(40)29-9-5-4-6-10-29/h4-6,9-10,12-22,37H,7-8,11,23H2,1-3H3,(H,35,36,39). The van der Waals surface area contributed by atoms with Crippen LogP contribution in [0.5, 0.6) is 0 Å².